The number of rotatable bonds is 6. The number of hydrazone groups is 1. The molecule has 0 unspecified atom stereocenters. The van der Waals surface area contributed by atoms with Gasteiger partial charge in [0.1, 0.15) is 5.75 Å². The fourth-order valence-corrected chi connectivity index (χ4v) is 3.31. The number of halogens is 1. The van der Waals surface area contributed by atoms with Gasteiger partial charge in [0.2, 0.25) is 17.8 Å². The number of aromatic nitrogens is 3. The molecule has 1 fully saturated rings. The molecule has 2 aromatic carbocycles. The van der Waals surface area contributed by atoms with E-state index in [1.54, 1.807) is 18.2 Å². The van der Waals surface area contributed by atoms with E-state index < -0.39 is 0 Å². The van der Waals surface area contributed by atoms with E-state index in [1.165, 1.54) is 11.8 Å². The molecule has 3 aromatic rings. The third-order valence-corrected chi connectivity index (χ3v) is 5.08. The second-order valence-corrected chi connectivity index (χ2v) is 7.86. The Bertz CT molecular complexity index is 1070. The van der Waals surface area contributed by atoms with Crippen LogP contribution < -0.4 is 15.6 Å². The van der Waals surface area contributed by atoms with E-state index in [-0.39, 0.29) is 11.7 Å². The van der Waals surface area contributed by atoms with E-state index in [0.717, 1.165) is 10.2 Å². The van der Waals surface area contributed by atoms with Gasteiger partial charge in [-0.05, 0) is 37.3 Å². The van der Waals surface area contributed by atoms with Crippen LogP contribution in [0.15, 0.2) is 52.0 Å². The van der Waals surface area contributed by atoms with Gasteiger partial charge in [-0.25, -0.2) is 5.43 Å². The van der Waals surface area contributed by atoms with E-state index in [1.807, 2.05) is 36.1 Å². The van der Waals surface area contributed by atoms with Gasteiger partial charge in [0.25, 0.3) is 0 Å². The fraction of sp³-hybridized carbons (Fsp3) is 0.238. The van der Waals surface area contributed by atoms with Gasteiger partial charge in [-0.2, -0.15) is 20.1 Å². The Morgan fingerprint density at radius 2 is 1.81 bits per heavy atom. The van der Waals surface area contributed by atoms with Gasteiger partial charge in [-0.15, -0.1) is 0 Å². The van der Waals surface area contributed by atoms with Gasteiger partial charge in [0, 0.05) is 28.8 Å². The number of anilines is 4. The first-order valence-corrected chi connectivity index (χ1v) is 10.6. The molecule has 0 spiro atoms. The first kappa shape index (κ1) is 21.0. The van der Waals surface area contributed by atoms with Gasteiger partial charge in [0.15, 0.2) is 0 Å². The van der Waals surface area contributed by atoms with E-state index >= 15 is 0 Å². The number of benzene rings is 2. The zero-order valence-corrected chi connectivity index (χ0v) is 18.5. The van der Waals surface area contributed by atoms with Crippen LogP contribution in [0.5, 0.6) is 5.75 Å². The number of aromatic hydroxyl groups is 1. The lowest BCUT2D eigenvalue weighted by Gasteiger charge is -2.27. The van der Waals surface area contributed by atoms with Crippen molar-refractivity contribution in [2.24, 2.45) is 5.10 Å². The standard InChI is InChI=1S/C21H22BrN7O2/c1-14-2-5-17(6-3-14)24-19-25-20(27-21(26-19)29-8-10-31-11-9-29)28-23-13-15-12-16(22)4-7-18(15)30/h2-7,12-13,30H,8-11H2,1H3,(H2,24,25,26,27,28). The SMILES string of the molecule is Cc1ccc(Nc2nc(NN=Cc3cc(Br)ccc3O)nc(N3CCOCC3)n2)cc1. The summed E-state index contributed by atoms with van der Waals surface area (Å²) in [5, 5.41) is 17.4. The number of ether oxygens (including phenoxy) is 1. The molecule has 0 saturated carbocycles. The molecular weight excluding hydrogens is 462 g/mol. The molecule has 3 N–H and O–H groups in total. The van der Waals surface area contributed by atoms with E-state index in [4.69, 9.17) is 4.74 Å². The third-order valence-electron chi connectivity index (χ3n) is 4.58. The van der Waals surface area contributed by atoms with Gasteiger partial charge in [-0.3, -0.25) is 0 Å². The minimum absolute atomic E-state index is 0.125. The normalized spacial score (nSPS) is 14.1. The molecule has 31 heavy (non-hydrogen) atoms. The smallest absolute Gasteiger partial charge is 0.250 e. The van der Waals surface area contributed by atoms with Crippen molar-refractivity contribution in [2.45, 2.75) is 6.92 Å². The lowest BCUT2D eigenvalue weighted by Crippen LogP contribution is -2.37. The van der Waals surface area contributed by atoms with Crippen molar-refractivity contribution in [3.63, 3.8) is 0 Å². The predicted molar refractivity (Wildman–Crippen MR) is 124 cm³/mol. The highest BCUT2D eigenvalue weighted by Crippen LogP contribution is 2.21. The maximum Gasteiger partial charge on any atom is 0.250 e. The zero-order chi connectivity index (χ0) is 21.6. The molecule has 160 valence electrons. The van der Waals surface area contributed by atoms with Crippen molar-refractivity contribution in [1.82, 2.24) is 15.0 Å². The Labute approximate surface area is 188 Å². The molecule has 0 atom stereocenters. The molecule has 1 saturated heterocycles. The summed E-state index contributed by atoms with van der Waals surface area (Å²) in [7, 11) is 0. The highest BCUT2D eigenvalue weighted by atomic mass is 79.9. The molecule has 4 rings (SSSR count). The van der Waals surface area contributed by atoms with Crippen molar-refractivity contribution in [3.05, 3.63) is 58.1 Å². The van der Waals surface area contributed by atoms with Crippen LogP contribution in [-0.4, -0.2) is 52.6 Å². The third kappa shape index (κ3) is 5.68. The number of nitrogens with zero attached hydrogens (tertiary/aromatic N) is 5. The van der Waals surface area contributed by atoms with E-state index in [2.05, 4.69) is 46.7 Å². The summed E-state index contributed by atoms with van der Waals surface area (Å²) in [6, 6.07) is 13.1. The first-order valence-electron chi connectivity index (χ1n) is 9.77. The number of hydrogen-bond donors (Lipinski definition) is 3. The predicted octanol–water partition coefficient (Wildman–Crippen LogP) is 3.67. The number of aryl methyl sites for hydroxylation is 1. The molecule has 9 nitrogen and oxygen atoms in total. The van der Waals surface area contributed by atoms with Gasteiger partial charge >= 0.3 is 0 Å². The van der Waals surface area contributed by atoms with Crippen LogP contribution in [0.25, 0.3) is 0 Å². The summed E-state index contributed by atoms with van der Waals surface area (Å²) in [4.78, 5) is 15.5. The summed E-state index contributed by atoms with van der Waals surface area (Å²) < 4.78 is 6.27. The Kier molecular flexibility index (Phi) is 6.58. The van der Waals surface area contributed by atoms with Crippen molar-refractivity contribution in [1.29, 1.82) is 0 Å². The van der Waals surface area contributed by atoms with E-state index in [9.17, 15) is 5.11 Å². The molecule has 1 aliphatic rings. The average molecular weight is 484 g/mol. The number of nitrogens with one attached hydrogen (secondary N) is 2. The molecule has 1 aliphatic heterocycles. The van der Waals surface area contributed by atoms with Crippen LogP contribution in [0.3, 0.4) is 0 Å². The molecular formula is C21H22BrN7O2. The zero-order valence-electron chi connectivity index (χ0n) is 16.9. The first-order chi connectivity index (χ1) is 15.1. The minimum Gasteiger partial charge on any atom is -0.507 e. The van der Waals surface area contributed by atoms with Crippen LogP contribution >= 0.6 is 15.9 Å². The van der Waals surface area contributed by atoms with Crippen LogP contribution in [0.4, 0.5) is 23.5 Å². The Morgan fingerprint density at radius 3 is 2.58 bits per heavy atom. The monoisotopic (exact) mass is 483 g/mol. The highest BCUT2D eigenvalue weighted by molar-refractivity contribution is 9.10. The van der Waals surface area contributed by atoms with Crippen LogP contribution in [0, 0.1) is 6.92 Å². The Hall–Kier alpha value is -3.24. The molecule has 0 bridgehead atoms. The molecule has 10 heteroatoms. The van der Waals surface area contributed by atoms with Crippen LogP contribution in [0.2, 0.25) is 0 Å². The number of phenolic OH excluding ortho intramolecular Hbond substituents is 1. The summed E-state index contributed by atoms with van der Waals surface area (Å²) in [6.07, 6.45) is 1.51. The van der Waals surface area contributed by atoms with Gasteiger partial charge in [0.05, 0.1) is 19.4 Å². The largest absolute Gasteiger partial charge is 0.507 e. The summed E-state index contributed by atoms with van der Waals surface area (Å²) in [5.74, 6) is 1.36. The van der Waals surface area contributed by atoms with Crippen LogP contribution in [-0.2, 0) is 4.74 Å². The quantitative estimate of drug-likeness (QED) is 0.360. The maximum absolute atomic E-state index is 9.96. The number of hydrogen-bond acceptors (Lipinski definition) is 9. The average Bonchev–Trinajstić information content (AvgIpc) is 2.78. The molecule has 1 aromatic heterocycles. The van der Waals surface area contributed by atoms with Crippen molar-refractivity contribution in [3.8, 4) is 5.75 Å². The van der Waals surface area contributed by atoms with Crippen LogP contribution in [0.1, 0.15) is 11.1 Å². The Balaban J connectivity index is 1.58. The van der Waals surface area contributed by atoms with Crippen molar-refractivity contribution in [2.75, 3.05) is 41.9 Å². The molecule has 0 aliphatic carbocycles. The Morgan fingerprint density at radius 1 is 1.06 bits per heavy atom. The number of morpholine rings is 1. The van der Waals surface area contributed by atoms with Crippen molar-refractivity contribution >= 4 is 45.7 Å². The second-order valence-electron chi connectivity index (χ2n) is 6.95. The van der Waals surface area contributed by atoms with Gasteiger partial charge in [-0.1, -0.05) is 33.6 Å². The van der Waals surface area contributed by atoms with Crippen molar-refractivity contribution < 1.29 is 9.84 Å². The topological polar surface area (TPSA) is 108 Å². The highest BCUT2D eigenvalue weighted by Gasteiger charge is 2.16. The lowest BCUT2D eigenvalue weighted by molar-refractivity contribution is 0.122. The molecule has 0 amide bonds. The summed E-state index contributed by atoms with van der Waals surface area (Å²) in [5.41, 5.74) is 5.44. The second kappa shape index (κ2) is 9.71. The minimum atomic E-state index is 0.125. The van der Waals surface area contributed by atoms with E-state index in [0.29, 0.717) is 43.8 Å². The summed E-state index contributed by atoms with van der Waals surface area (Å²) >= 11 is 3.38. The molecule has 0 radical (unpaired) electrons. The number of phenols is 1. The van der Waals surface area contributed by atoms with Gasteiger partial charge < -0.3 is 20.1 Å². The maximum atomic E-state index is 9.96. The lowest BCUT2D eigenvalue weighted by atomic mass is 10.2. The summed E-state index contributed by atoms with van der Waals surface area (Å²) in [6.45, 7) is 4.67. The fourth-order valence-electron chi connectivity index (χ4n) is 2.93. The molecule has 2 heterocycles.